The molecule has 0 bridgehead atoms. The molecule has 4 nitrogen and oxygen atoms in total. The number of para-hydroxylation sites is 1. The Morgan fingerprint density at radius 3 is 2.24 bits per heavy atom. The van der Waals surface area contributed by atoms with Crippen LogP contribution in [0.2, 0.25) is 0 Å². The first-order valence-corrected chi connectivity index (χ1v) is 8.77. The average molecular weight is 314 g/mol. The Morgan fingerprint density at radius 2 is 1.76 bits per heavy atom. The highest BCUT2D eigenvalue weighted by Crippen LogP contribution is 2.20. The van der Waals surface area contributed by atoms with Gasteiger partial charge in [-0.2, -0.15) is 8.42 Å². The summed E-state index contributed by atoms with van der Waals surface area (Å²) in [7, 11) is -3.46. The Kier molecular flexibility index (Phi) is 10.6. The molecular weight excluding hydrogens is 288 g/mol. The molecule has 5 heteroatoms. The van der Waals surface area contributed by atoms with Gasteiger partial charge in [0.15, 0.2) is 0 Å². The van der Waals surface area contributed by atoms with Crippen LogP contribution >= 0.6 is 0 Å². The number of allylic oxidation sites excluding steroid dienone is 1. The third kappa shape index (κ3) is 9.26. The van der Waals surface area contributed by atoms with Crippen molar-refractivity contribution in [3.8, 4) is 5.75 Å². The average Bonchev–Trinajstić information content (AvgIpc) is 2.42. The molecule has 0 atom stereocenters. The van der Waals surface area contributed by atoms with Gasteiger partial charge in [-0.1, -0.05) is 31.2 Å². The second-order valence-electron chi connectivity index (χ2n) is 4.23. The van der Waals surface area contributed by atoms with Crippen molar-refractivity contribution in [2.45, 2.75) is 33.6 Å². The Labute approximate surface area is 128 Å². The van der Waals surface area contributed by atoms with Crippen LogP contribution in [0.1, 0.15) is 32.8 Å². The summed E-state index contributed by atoms with van der Waals surface area (Å²) in [4.78, 5) is 0. The van der Waals surface area contributed by atoms with E-state index in [2.05, 4.69) is 6.58 Å². The minimum atomic E-state index is -3.46. The second kappa shape index (κ2) is 11.3. The first kappa shape index (κ1) is 19.7. The number of ether oxygens (including phenoxy) is 1. The molecule has 0 spiro atoms. The van der Waals surface area contributed by atoms with Gasteiger partial charge in [-0.15, -0.1) is 6.58 Å². The van der Waals surface area contributed by atoms with Crippen molar-refractivity contribution in [1.29, 1.82) is 0 Å². The third-order valence-electron chi connectivity index (χ3n) is 2.42. The van der Waals surface area contributed by atoms with Crippen molar-refractivity contribution < 1.29 is 17.3 Å². The lowest BCUT2D eigenvalue weighted by Crippen LogP contribution is -2.14. The van der Waals surface area contributed by atoms with E-state index in [4.69, 9.17) is 8.92 Å². The van der Waals surface area contributed by atoms with Gasteiger partial charge in [0.1, 0.15) is 5.75 Å². The van der Waals surface area contributed by atoms with Gasteiger partial charge >= 0.3 is 10.1 Å². The highest BCUT2D eigenvalue weighted by Gasteiger charge is 2.13. The summed E-state index contributed by atoms with van der Waals surface area (Å²) in [6, 6.07) is 7.09. The monoisotopic (exact) mass is 314 g/mol. The Hall–Kier alpha value is -1.33. The van der Waals surface area contributed by atoms with Crippen molar-refractivity contribution in [2.75, 3.05) is 19.0 Å². The summed E-state index contributed by atoms with van der Waals surface area (Å²) in [6.45, 7) is 11.1. The van der Waals surface area contributed by atoms with E-state index in [1.54, 1.807) is 25.1 Å². The molecule has 0 aliphatic rings. The normalized spacial score (nSPS) is 10.4. The van der Waals surface area contributed by atoms with Gasteiger partial charge in [-0.3, -0.25) is 0 Å². The summed E-state index contributed by atoms with van der Waals surface area (Å²) in [5.41, 5.74) is 0.831. The third-order valence-corrected chi connectivity index (χ3v) is 3.76. The molecule has 0 radical (unpaired) electrons. The Balaban J connectivity index is 0.000000690. The van der Waals surface area contributed by atoms with E-state index in [1.165, 1.54) is 0 Å². The summed E-state index contributed by atoms with van der Waals surface area (Å²) in [6.07, 6.45) is 2.86. The molecule has 0 aromatic heterocycles. The first-order chi connectivity index (χ1) is 10.0. The van der Waals surface area contributed by atoms with E-state index in [9.17, 15) is 8.42 Å². The van der Waals surface area contributed by atoms with Gasteiger partial charge in [0, 0.05) is 13.2 Å². The maximum absolute atomic E-state index is 11.5. The van der Waals surface area contributed by atoms with E-state index in [0.717, 1.165) is 18.8 Å². The molecule has 0 saturated heterocycles. The summed E-state index contributed by atoms with van der Waals surface area (Å²) >= 11 is 0. The lowest BCUT2D eigenvalue weighted by molar-refractivity contribution is 0.162. The predicted molar refractivity (Wildman–Crippen MR) is 87.2 cm³/mol. The second-order valence-corrected chi connectivity index (χ2v) is 5.92. The van der Waals surface area contributed by atoms with Gasteiger partial charge in [-0.25, -0.2) is 0 Å². The fourth-order valence-electron chi connectivity index (χ4n) is 1.54. The van der Waals surface area contributed by atoms with Gasteiger partial charge in [0.25, 0.3) is 0 Å². The summed E-state index contributed by atoms with van der Waals surface area (Å²) in [5, 5.41) is 0. The molecule has 0 unspecified atom stereocenters. The largest absolute Gasteiger partial charge is 0.382 e. The number of hydrogen-bond donors (Lipinski definition) is 0. The van der Waals surface area contributed by atoms with Crippen molar-refractivity contribution in [2.24, 2.45) is 0 Å². The van der Waals surface area contributed by atoms with E-state index in [0.29, 0.717) is 18.6 Å². The van der Waals surface area contributed by atoms with E-state index < -0.39 is 10.1 Å². The van der Waals surface area contributed by atoms with Gasteiger partial charge in [0.05, 0.1) is 5.75 Å². The molecule has 0 amide bonds. The van der Waals surface area contributed by atoms with Crippen LogP contribution in [0.15, 0.2) is 36.9 Å². The first-order valence-electron chi connectivity index (χ1n) is 7.19. The highest BCUT2D eigenvalue weighted by molar-refractivity contribution is 7.87. The van der Waals surface area contributed by atoms with Crippen LogP contribution in [0.3, 0.4) is 0 Å². The Morgan fingerprint density at radius 1 is 1.14 bits per heavy atom. The van der Waals surface area contributed by atoms with Crippen molar-refractivity contribution >= 4 is 10.1 Å². The molecule has 0 aliphatic carbocycles. The highest BCUT2D eigenvalue weighted by atomic mass is 32.2. The number of hydrogen-bond acceptors (Lipinski definition) is 4. The smallest absolute Gasteiger partial charge is 0.309 e. The molecule has 0 heterocycles. The minimum absolute atomic E-state index is 0.0371. The van der Waals surface area contributed by atoms with Crippen LogP contribution in [-0.2, 0) is 21.3 Å². The van der Waals surface area contributed by atoms with Gasteiger partial charge in [-0.05, 0) is 38.3 Å². The van der Waals surface area contributed by atoms with Crippen LogP contribution in [0.5, 0.6) is 5.75 Å². The molecule has 0 fully saturated rings. The fourth-order valence-corrected chi connectivity index (χ4v) is 2.56. The quantitative estimate of drug-likeness (QED) is 0.543. The van der Waals surface area contributed by atoms with Crippen molar-refractivity contribution in [3.63, 3.8) is 0 Å². The van der Waals surface area contributed by atoms with Crippen LogP contribution in [0.25, 0.3) is 0 Å². The van der Waals surface area contributed by atoms with Gasteiger partial charge < -0.3 is 8.92 Å². The number of benzene rings is 1. The molecule has 1 rings (SSSR count). The molecule has 120 valence electrons. The predicted octanol–water partition coefficient (Wildman–Crippen LogP) is 3.58. The zero-order chi connectivity index (χ0) is 16.1. The van der Waals surface area contributed by atoms with Crippen molar-refractivity contribution in [1.82, 2.24) is 0 Å². The molecule has 21 heavy (non-hydrogen) atoms. The standard InChI is InChI=1S/C12H16O3S.C4H10O/c1-3-7-11-8-5-6-9-12(11)15-16(13,14)10-4-2;1-3-5-4-2/h3,5-6,8-9H,1,4,7,10H2,2H3;3-4H2,1-2H3. The fraction of sp³-hybridized carbons (Fsp3) is 0.500. The maximum Gasteiger partial charge on any atom is 0.309 e. The zero-order valence-electron chi connectivity index (χ0n) is 13.2. The molecule has 0 aliphatic heterocycles. The van der Waals surface area contributed by atoms with Crippen LogP contribution in [0.4, 0.5) is 0 Å². The molecule has 1 aromatic rings. The molecule has 1 aromatic carbocycles. The minimum Gasteiger partial charge on any atom is -0.382 e. The lowest BCUT2D eigenvalue weighted by Gasteiger charge is -2.09. The van der Waals surface area contributed by atoms with Crippen LogP contribution < -0.4 is 4.18 Å². The Bertz CT molecular complexity index is 493. The van der Waals surface area contributed by atoms with E-state index in [-0.39, 0.29) is 5.75 Å². The SMILES string of the molecule is C=CCc1ccccc1OS(=O)(=O)CCC.CCOCC. The lowest BCUT2D eigenvalue weighted by atomic mass is 10.1. The maximum atomic E-state index is 11.5. The summed E-state index contributed by atoms with van der Waals surface area (Å²) in [5.74, 6) is 0.436. The van der Waals surface area contributed by atoms with E-state index >= 15 is 0 Å². The number of rotatable bonds is 8. The summed E-state index contributed by atoms with van der Waals surface area (Å²) < 4.78 is 32.9. The topological polar surface area (TPSA) is 52.6 Å². The molecular formula is C16H26O4S. The van der Waals surface area contributed by atoms with Crippen LogP contribution in [-0.4, -0.2) is 27.4 Å². The molecule has 0 N–H and O–H groups in total. The van der Waals surface area contributed by atoms with E-state index in [1.807, 2.05) is 26.0 Å². The van der Waals surface area contributed by atoms with Crippen LogP contribution in [0, 0.1) is 0 Å². The zero-order valence-corrected chi connectivity index (χ0v) is 14.0. The van der Waals surface area contributed by atoms with Gasteiger partial charge in [0.2, 0.25) is 0 Å². The van der Waals surface area contributed by atoms with Crippen molar-refractivity contribution in [3.05, 3.63) is 42.5 Å². The molecule has 0 saturated carbocycles.